The van der Waals surface area contributed by atoms with Gasteiger partial charge in [0.05, 0.1) is 12.1 Å². The zero-order chi connectivity index (χ0) is 23.2. The second-order valence-corrected chi connectivity index (χ2v) is 8.49. The van der Waals surface area contributed by atoms with E-state index >= 15 is 0 Å². The van der Waals surface area contributed by atoms with E-state index in [1.165, 1.54) is 18.4 Å². The molecule has 7 heteroatoms. The molecule has 4 rings (SSSR count). The topological polar surface area (TPSA) is 71.8 Å². The van der Waals surface area contributed by atoms with Crippen LogP contribution >= 0.6 is 12.2 Å². The lowest BCUT2D eigenvalue weighted by atomic mass is 10.1. The first-order valence-electron chi connectivity index (χ1n) is 11.1. The number of carbonyl (C=O) groups is 1. The van der Waals surface area contributed by atoms with Gasteiger partial charge >= 0.3 is 0 Å². The summed E-state index contributed by atoms with van der Waals surface area (Å²) in [6.07, 6.45) is 3.73. The van der Waals surface area contributed by atoms with Crippen LogP contribution in [-0.4, -0.2) is 26.0 Å². The van der Waals surface area contributed by atoms with Crippen LogP contribution in [0.2, 0.25) is 0 Å². The molecule has 0 spiro atoms. The number of benzene rings is 3. The van der Waals surface area contributed by atoms with Crippen LogP contribution in [-0.2, 0) is 17.6 Å². The summed E-state index contributed by atoms with van der Waals surface area (Å²) in [5, 5.41) is 15.4. The van der Waals surface area contributed by atoms with E-state index in [0.717, 1.165) is 40.0 Å². The molecule has 0 aliphatic rings. The van der Waals surface area contributed by atoms with Gasteiger partial charge in [0, 0.05) is 5.69 Å². The molecule has 2 N–H and O–H groups in total. The highest BCUT2D eigenvalue weighted by Crippen LogP contribution is 2.22. The number of aryl methyl sites for hydroxylation is 2. The average molecular weight is 458 g/mol. The van der Waals surface area contributed by atoms with E-state index in [1.807, 2.05) is 61.5 Å². The second-order valence-electron chi connectivity index (χ2n) is 8.08. The van der Waals surface area contributed by atoms with Gasteiger partial charge in [-0.1, -0.05) is 55.8 Å². The smallest absolute Gasteiger partial charge is 0.230 e. The minimum atomic E-state index is -0.161. The molecule has 0 aliphatic carbocycles. The van der Waals surface area contributed by atoms with Gasteiger partial charge in [0.15, 0.2) is 5.11 Å². The van der Waals surface area contributed by atoms with Crippen molar-refractivity contribution in [2.24, 2.45) is 0 Å². The summed E-state index contributed by atoms with van der Waals surface area (Å²) in [4.78, 5) is 13.9. The van der Waals surface area contributed by atoms with E-state index in [0.29, 0.717) is 0 Å². The Labute approximate surface area is 199 Å². The number of hydrogen-bond donors (Lipinski definition) is 2. The monoisotopic (exact) mass is 457 g/mol. The van der Waals surface area contributed by atoms with Crippen LogP contribution in [0.4, 0.5) is 5.69 Å². The van der Waals surface area contributed by atoms with E-state index in [4.69, 9.17) is 12.2 Å². The number of fused-ring (bicyclic) bond motifs is 1. The molecule has 0 saturated carbocycles. The van der Waals surface area contributed by atoms with E-state index in [-0.39, 0.29) is 17.4 Å². The number of hydrogen-bond acceptors (Lipinski definition) is 4. The zero-order valence-corrected chi connectivity index (χ0v) is 19.7. The fraction of sp³-hybridized carbons (Fsp3) is 0.231. The molecule has 168 valence electrons. The maximum absolute atomic E-state index is 12.3. The largest absolute Gasteiger partial charge is 0.332 e. The molecule has 0 bridgehead atoms. The molecule has 0 atom stereocenters. The molecular weight excluding hydrogens is 430 g/mol. The number of nitrogens with zero attached hydrogens (tertiary/aromatic N) is 3. The third-order valence-corrected chi connectivity index (χ3v) is 5.63. The van der Waals surface area contributed by atoms with Gasteiger partial charge in [-0.25, -0.2) is 0 Å². The molecule has 1 amide bonds. The quantitative estimate of drug-likeness (QED) is 0.377. The van der Waals surface area contributed by atoms with Crippen LogP contribution in [0.1, 0.15) is 36.5 Å². The summed E-state index contributed by atoms with van der Waals surface area (Å²) in [6.45, 7) is 4.17. The highest BCUT2D eigenvalue weighted by atomic mass is 32.1. The molecule has 0 aliphatic heterocycles. The van der Waals surface area contributed by atoms with Crippen molar-refractivity contribution in [3.8, 4) is 5.69 Å². The van der Waals surface area contributed by atoms with Crippen molar-refractivity contribution in [1.29, 1.82) is 0 Å². The Hall–Kier alpha value is -3.58. The van der Waals surface area contributed by atoms with Crippen molar-refractivity contribution >= 4 is 40.0 Å². The van der Waals surface area contributed by atoms with E-state index in [1.54, 1.807) is 4.80 Å². The van der Waals surface area contributed by atoms with Crippen molar-refractivity contribution in [3.05, 3.63) is 83.4 Å². The van der Waals surface area contributed by atoms with Crippen molar-refractivity contribution < 1.29 is 4.79 Å². The first-order chi connectivity index (χ1) is 16.0. The normalized spacial score (nSPS) is 10.8. The molecule has 4 aromatic rings. The Bertz CT molecular complexity index is 1270. The van der Waals surface area contributed by atoms with Gasteiger partial charge in [-0.3, -0.25) is 4.79 Å². The maximum atomic E-state index is 12.3. The fourth-order valence-electron chi connectivity index (χ4n) is 3.60. The zero-order valence-electron chi connectivity index (χ0n) is 18.8. The van der Waals surface area contributed by atoms with E-state index in [9.17, 15) is 4.79 Å². The number of amides is 1. The minimum absolute atomic E-state index is 0.161. The third-order valence-electron chi connectivity index (χ3n) is 5.42. The van der Waals surface area contributed by atoms with Crippen LogP contribution in [0.5, 0.6) is 0 Å². The van der Waals surface area contributed by atoms with Crippen LogP contribution in [0.25, 0.3) is 16.7 Å². The lowest BCUT2D eigenvalue weighted by Gasteiger charge is -2.11. The number of thiocarbonyl (C=S) groups is 1. The predicted molar refractivity (Wildman–Crippen MR) is 137 cm³/mol. The highest BCUT2D eigenvalue weighted by molar-refractivity contribution is 7.80. The Morgan fingerprint density at radius 1 is 0.970 bits per heavy atom. The molecule has 1 heterocycles. The number of aromatic nitrogens is 3. The minimum Gasteiger partial charge on any atom is -0.332 e. The standard InChI is InChI=1S/C26H27N5OS/c1-3-4-8-19-11-13-21(14-12-19)31-29-23-15-18(2)22(17-24(23)30-31)27-26(33)28-25(32)16-20-9-6-5-7-10-20/h5-7,9-15,17H,3-4,8,16H2,1-2H3,(H2,27,28,32,33). The first-order valence-corrected chi connectivity index (χ1v) is 11.5. The van der Waals surface area contributed by atoms with Crippen LogP contribution in [0.3, 0.4) is 0 Å². The second kappa shape index (κ2) is 10.4. The Kier molecular flexibility index (Phi) is 7.10. The van der Waals surface area contributed by atoms with Crippen molar-refractivity contribution in [1.82, 2.24) is 20.3 Å². The number of unbranched alkanes of at least 4 members (excludes halogenated alkanes) is 1. The van der Waals surface area contributed by atoms with Crippen molar-refractivity contribution in [3.63, 3.8) is 0 Å². The van der Waals surface area contributed by atoms with E-state index in [2.05, 4.69) is 39.9 Å². The summed E-state index contributed by atoms with van der Waals surface area (Å²) < 4.78 is 0. The van der Waals surface area contributed by atoms with Crippen LogP contribution < -0.4 is 10.6 Å². The summed E-state index contributed by atoms with van der Waals surface area (Å²) in [6, 6.07) is 21.8. The van der Waals surface area contributed by atoms with Crippen LogP contribution in [0, 0.1) is 6.92 Å². The highest BCUT2D eigenvalue weighted by Gasteiger charge is 2.11. The number of carbonyl (C=O) groups excluding carboxylic acids is 1. The Morgan fingerprint density at radius 2 is 1.67 bits per heavy atom. The molecule has 6 nitrogen and oxygen atoms in total. The van der Waals surface area contributed by atoms with Gasteiger partial charge in [-0.15, -0.1) is 10.2 Å². The Balaban J connectivity index is 1.45. The summed E-state index contributed by atoms with van der Waals surface area (Å²) in [7, 11) is 0. The predicted octanol–water partition coefficient (Wildman–Crippen LogP) is 5.13. The molecule has 0 radical (unpaired) electrons. The van der Waals surface area contributed by atoms with Gasteiger partial charge in [-0.05, 0) is 72.9 Å². The van der Waals surface area contributed by atoms with Crippen molar-refractivity contribution in [2.75, 3.05) is 5.32 Å². The molecule has 0 unspecified atom stereocenters. The lowest BCUT2D eigenvalue weighted by Crippen LogP contribution is -2.35. The maximum Gasteiger partial charge on any atom is 0.230 e. The lowest BCUT2D eigenvalue weighted by molar-refractivity contribution is -0.119. The SMILES string of the molecule is CCCCc1ccc(-n2nc3cc(C)c(NC(=S)NC(=O)Cc4ccccc4)cc3n2)cc1. The van der Waals surface area contributed by atoms with Gasteiger partial charge < -0.3 is 10.6 Å². The molecule has 0 fully saturated rings. The summed E-state index contributed by atoms with van der Waals surface area (Å²) >= 11 is 5.35. The number of anilines is 1. The van der Waals surface area contributed by atoms with Crippen molar-refractivity contribution in [2.45, 2.75) is 39.5 Å². The van der Waals surface area contributed by atoms with Gasteiger partial charge in [0.1, 0.15) is 11.0 Å². The van der Waals surface area contributed by atoms with Gasteiger partial charge in [-0.2, -0.15) is 4.80 Å². The van der Waals surface area contributed by atoms with E-state index < -0.39 is 0 Å². The van der Waals surface area contributed by atoms with Gasteiger partial charge in [0.25, 0.3) is 0 Å². The molecule has 3 aromatic carbocycles. The summed E-state index contributed by atoms with van der Waals surface area (Å²) in [5.74, 6) is -0.161. The third kappa shape index (κ3) is 5.81. The van der Waals surface area contributed by atoms with Gasteiger partial charge in [0.2, 0.25) is 5.91 Å². The molecule has 0 saturated heterocycles. The molecular formula is C26H27N5OS. The number of rotatable bonds is 7. The number of nitrogens with one attached hydrogen (secondary N) is 2. The summed E-state index contributed by atoms with van der Waals surface area (Å²) in [5.41, 5.74) is 6.47. The molecule has 1 aromatic heterocycles. The average Bonchev–Trinajstić information content (AvgIpc) is 3.21. The molecule has 33 heavy (non-hydrogen) atoms. The fourth-order valence-corrected chi connectivity index (χ4v) is 3.82. The first kappa shape index (κ1) is 22.6. The Morgan fingerprint density at radius 3 is 2.36 bits per heavy atom. The van der Waals surface area contributed by atoms with Crippen LogP contribution in [0.15, 0.2) is 66.7 Å².